The quantitative estimate of drug-likeness (QED) is 0.799. The molecule has 0 aromatic carbocycles. The van der Waals surface area contributed by atoms with E-state index in [1.165, 1.54) is 0 Å². The van der Waals surface area contributed by atoms with Crippen LogP contribution in [-0.4, -0.2) is 69.2 Å². The summed E-state index contributed by atoms with van der Waals surface area (Å²) in [7, 11) is 0. The molecular formula is C18H29N5O4. The highest BCUT2D eigenvalue weighted by atomic mass is 16.6. The Morgan fingerprint density at radius 2 is 2.15 bits per heavy atom. The van der Waals surface area contributed by atoms with E-state index in [0.717, 1.165) is 11.4 Å². The molecule has 0 spiro atoms. The number of aliphatic hydroxyl groups is 1. The highest BCUT2D eigenvalue weighted by molar-refractivity contribution is 5.96. The van der Waals surface area contributed by atoms with Gasteiger partial charge in [0.1, 0.15) is 5.60 Å². The lowest BCUT2D eigenvalue weighted by Gasteiger charge is -2.36. The minimum Gasteiger partial charge on any atom is -0.444 e. The highest BCUT2D eigenvalue weighted by Crippen LogP contribution is 2.30. The van der Waals surface area contributed by atoms with Crippen molar-refractivity contribution >= 4 is 17.7 Å². The van der Waals surface area contributed by atoms with Gasteiger partial charge in [-0.25, -0.2) is 4.79 Å². The Labute approximate surface area is 159 Å². The van der Waals surface area contributed by atoms with E-state index in [9.17, 15) is 9.59 Å². The van der Waals surface area contributed by atoms with E-state index in [4.69, 9.17) is 9.84 Å². The van der Waals surface area contributed by atoms with Gasteiger partial charge in [0.2, 0.25) is 5.91 Å². The molecule has 150 valence electrons. The van der Waals surface area contributed by atoms with Gasteiger partial charge in [0.05, 0.1) is 43.3 Å². The van der Waals surface area contributed by atoms with Crippen molar-refractivity contribution in [1.29, 1.82) is 0 Å². The smallest absolute Gasteiger partial charge is 0.410 e. The van der Waals surface area contributed by atoms with Gasteiger partial charge in [0.15, 0.2) is 0 Å². The number of ether oxygens (including phenoxy) is 1. The largest absolute Gasteiger partial charge is 0.444 e. The summed E-state index contributed by atoms with van der Waals surface area (Å²) in [6.45, 7) is 9.43. The molecule has 2 N–H and O–H groups in total. The molecule has 2 aliphatic heterocycles. The number of anilines is 1. The fourth-order valence-corrected chi connectivity index (χ4v) is 3.52. The van der Waals surface area contributed by atoms with Gasteiger partial charge in [-0.2, -0.15) is 5.10 Å². The van der Waals surface area contributed by atoms with Crippen LogP contribution >= 0.6 is 0 Å². The molecule has 0 bridgehead atoms. The van der Waals surface area contributed by atoms with E-state index >= 15 is 0 Å². The molecule has 1 saturated heterocycles. The van der Waals surface area contributed by atoms with Crippen molar-refractivity contribution in [3.63, 3.8) is 0 Å². The minimum absolute atomic E-state index is 0.00433. The lowest BCUT2D eigenvalue weighted by atomic mass is 10.2. The molecule has 27 heavy (non-hydrogen) atoms. The number of fused-ring (bicyclic) bond motifs is 1. The minimum atomic E-state index is -0.562. The summed E-state index contributed by atoms with van der Waals surface area (Å²) in [5.41, 5.74) is 1.03. The number of nitrogens with zero attached hydrogens (tertiary/aromatic N) is 4. The van der Waals surface area contributed by atoms with E-state index in [-0.39, 0.29) is 30.7 Å². The van der Waals surface area contributed by atoms with Crippen LogP contribution in [0.2, 0.25) is 0 Å². The molecule has 1 aromatic heterocycles. The highest BCUT2D eigenvalue weighted by Gasteiger charge is 2.37. The maximum absolute atomic E-state index is 12.6. The van der Waals surface area contributed by atoms with Crippen LogP contribution in [0.3, 0.4) is 0 Å². The van der Waals surface area contributed by atoms with Crippen molar-refractivity contribution in [3.05, 3.63) is 11.9 Å². The molecule has 0 radical (unpaired) electrons. The van der Waals surface area contributed by atoms with Crippen LogP contribution in [-0.2, 0) is 22.6 Å². The van der Waals surface area contributed by atoms with Crippen LogP contribution in [0.25, 0.3) is 0 Å². The van der Waals surface area contributed by atoms with Crippen molar-refractivity contribution in [1.82, 2.24) is 20.0 Å². The zero-order valence-electron chi connectivity index (χ0n) is 16.4. The molecule has 1 fully saturated rings. The summed E-state index contributed by atoms with van der Waals surface area (Å²) in [4.78, 5) is 28.5. The predicted octanol–water partition coefficient (Wildman–Crippen LogP) is 0.710. The lowest BCUT2D eigenvalue weighted by molar-refractivity contribution is -0.117. The van der Waals surface area contributed by atoms with Gasteiger partial charge in [0, 0.05) is 25.6 Å². The third kappa shape index (κ3) is 4.24. The predicted molar refractivity (Wildman–Crippen MR) is 99.3 cm³/mol. The summed E-state index contributed by atoms with van der Waals surface area (Å²) in [5, 5.41) is 16.6. The number of carbonyl (C=O) groups is 2. The number of hydrogen-bond donors (Lipinski definition) is 2. The van der Waals surface area contributed by atoms with Crippen molar-refractivity contribution in [2.75, 3.05) is 24.6 Å². The van der Waals surface area contributed by atoms with E-state index in [2.05, 4.69) is 10.4 Å². The number of aliphatic hydroxyl groups excluding tert-OH is 1. The third-order valence-electron chi connectivity index (χ3n) is 4.80. The molecular weight excluding hydrogens is 350 g/mol. The summed E-state index contributed by atoms with van der Waals surface area (Å²) in [6, 6.07) is -0.0435. The van der Waals surface area contributed by atoms with Crippen LogP contribution in [0.1, 0.15) is 39.8 Å². The van der Waals surface area contributed by atoms with Gasteiger partial charge in [-0.05, 0) is 27.7 Å². The number of rotatable bonds is 4. The number of aromatic nitrogens is 2. The number of nitrogens with one attached hydrogen (secondary N) is 1. The van der Waals surface area contributed by atoms with Gasteiger partial charge in [0.25, 0.3) is 0 Å². The van der Waals surface area contributed by atoms with Crippen LogP contribution in [0.4, 0.5) is 10.5 Å². The molecule has 3 heterocycles. The van der Waals surface area contributed by atoms with Crippen molar-refractivity contribution in [3.8, 4) is 0 Å². The topological polar surface area (TPSA) is 99.9 Å². The van der Waals surface area contributed by atoms with E-state index < -0.39 is 5.60 Å². The fourth-order valence-electron chi connectivity index (χ4n) is 3.52. The van der Waals surface area contributed by atoms with Crippen molar-refractivity contribution in [2.45, 2.75) is 64.9 Å². The molecule has 9 heteroatoms. The van der Waals surface area contributed by atoms with E-state index in [1.807, 2.05) is 32.4 Å². The Bertz CT molecular complexity index is 711. The Kier molecular flexibility index (Phi) is 5.43. The zero-order chi connectivity index (χ0) is 19.8. The van der Waals surface area contributed by atoms with Gasteiger partial charge < -0.3 is 20.1 Å². The first-order valence-corrected chi connectivity index (χ1v) is 9.38. The summed E-state index contributed by atoms with van der Waals surface area (Å²) in [6.07, 6.45) is 1.73. The molecule has 2 aliphatic rings. The first-order chi connectivity index (χ1) is 12.7. The van der Waals surface area contributed by atoms with Gasteiger partial charge in [-0.3, -0.25) is 14.4 Å². The molecule has 0 aliphatic carbocycles. The van der Waals surface area contributed by atoms with E-state index in [1.54, 1.807) is 16.0 Å². The monoisotopic (exact) mass is 379 g/mol. The Morgan fingerprint density at radius 1 is 1.41 bits per heavy atom. The maximum Gasteiger partial charge on any atom is 0.410 e. The second-order valence-corrected chi connectivity index (χ2v) is 8.20. The number of carbonyl (C=O) groups excluding carboxylic acids is 2. The average molecular weight is 379 g/mol. The lowest BCUT2D eigenvalue weighted by Crippen LogP contribution is -2.47. The Hall–Kier alpha value is -2.13. The molecule has 2 unspecified atom stereocenters. The SMILES string of the molecule is CC1Cn2ncc(N3CC(NCCO)CC3=O)c2CN1C(=O)OC(C)(C)C. The summed E-state index contributed by atoms with van der Waals surface area (Å²) >= 11 is 0. The summed E-state index contributed by atoms with van der Waals surface area (Å²) in [5.74, 6) is 0.0173. The van der Waals surface area contributed by atoms with Gasteiger partial charge in [-0.1, -0.05) is 0 Å². The van der Waals surface area contributed by atoms with Crippen LogP contribution in [0.5, 0.6) is 0 Å². The van der Waals surface area contributed by atoms with Crippen LogP contribution in [0.15, 0.2) is 6.20 Å². The first kappa shape index (κ1) is 19.6. The second kappa shape index (κ2) is 7.47. The first-order valence-electron chi connectivity index (χ1n) is 9.38. The van der Waals surface area contributed by atoms with Crippen LogP contribution in [0, 0.1) is 0 Å². The van der Waals surface area contributed by atoms with Crippen molar-refractivity contribution in [2.24, 2.45) is 0 Å². The zero-order valence-corrected chi connectivity index (χ0v) is 16.4. The van der Waals surface area contributed by atoms with Gasteiger partial charge >= 0.3 is 6.09 Å². The van der Waals surface area contributed by atoms with Crippen molar-refractivity contribution < 1.29 is 19.4 Å². The van der Waals surface area contributed by atoms with Crippen LogP contribution < -0.4 is 10.2 Å². The normalized spacial score (nSPS) is 22.9. The molecule has 1 aromatic rings. The third-order valence-corrected chi connectivity index (χ3v) is 4.80. The number of hydrogen-bond acceptors (Lipinski definition) is 6. The number of amides is 2. The second-order valence-electron chi connectivity index (χ2n) is 8.20. The standard InChI is InChI=1S/C18H29N5O4/c1-12-9-23-15(11-21(12)17(26)27-18(2,3)4)14(8-20-23)22-10-13(7-16(22)25)19-5-6-24/h8,12-13,19,24H,5-7,9-11H2,1-4H3. The molecule has 0 saturated carbocycles. The van der Waals surface area contributed by atoms with E-state index in [0.29, 0.717) is 32.6 Å². The molecule has 3 rings (SSSR count). The molecule has 9 nitrogen and oxygen atoms in total. The Balaban J connectivity index is 1.77. The molecule has 2 atom stereocenters. The maximum atomic E-state index is 12.6. The molecule has 2 amide bonds. The Morgan fingerprint density at radius 3 is 2.81 bits per heavy atom. The van der Waals surface area contributed by atoms with Gasteiger partial charge in [-0.15, -0.1) is 0 Å². The fraction of sp³-hybridized carbons (Fsp3) is 0.722. The summed E-state index contributed by atoms with van der Waals surface area (Å²) < 4.78 is 7.39. The average Bonchev–Trinajstić information content (AvgIpc) is 3.13.